The highest BCUT2D eigenvalue weighted by atomic mass is 16.6. The number of esters is 3. The van der Waals surface area contributed by atoms with Gasteiger partial charge in [-0.3, -0.25) is 14.4 Å². The fourth-order valence-electron chi connectivity index (χ4n) is 4.02. The number of carbonyl (C=O) groups is 4. The molecular formula is C29H52O10. The Balaban J connectivity index is -0.000000147. The summed E-state index contributed by atoms with van der Waals surface area (Å²) < 4.78 is 19.8. The minimum absolute atomic E-state index is 0. The van der Waals surface area contributed by atoms with E-state index < -0.39 is 28.9 Å². The van der Waals surface area contributed by atoms with E-state index in [0.29, 0.717) is 30.6 Å². The van der Waals surface area contributed by atoms with Gasteiger partial charge in [0, 0.05) is 12.0 Å². The average Bonchev–Trinajstić information content (AvgIpc) is 3.53. The quantitative estimate of drug-likeness (QED) is 0.191. The molecule has 5 heterocycles. The maximum atomic E-state index is 11.8. The fourth-order valence-corrected chi connectivity index (χ4v) is 4.02. The van der Waals surface area contributed by atoms with Crippen LogP contribution >= 0.6 is 0 Å². The molecule has 4 aliphatic heterocycles. The van der Waals surface area contributed by atoms with Crippen LogP contribution in [0.15, 0.2) is 47.1 Å². The van der Waals surface area contributed by atoms with E-state index in [1.807, 2.05) is 12.2 Å². The molecule has 0 aliphatic carbocycles. The number of carboxylic acid groups (broad SMARTS) is 1. The fraction of sp³-hybridized carbons (Fsp3) is 0.586. The van der Waals surface area contributed by atoms with Crippen LogP contribution in [0, 0.1) is 5.41 Å². The van der Waals surface area contributed by atoms with Crippen molar-refractivity contribution >= 4 is 23.9 Å². The van der Waals surface area contributed by atoms with Crippen LogP contribution in [0.3, 0.4) is 0 Å². The zero-order valence-electron chi connectivity index (χ0n) is 17.3. The van der Waals surface area contributed by atoms with Gasteiger partial charge in [-0.2, -0.15) is 0 Å². The summed E-state index contributed by atoms with van der Waals surface area (Å²) >= 11 is 0. The van der Waals surface area contributed by atoms with E-state index in [9.17, 15) is 19.2 Å². The second kappa shape index (κ2) is 18.9. The third-order valence-corrected chi connectivity index (χ3v) is 5.74. The second-order valence-corrected chi connectivity index (χ2v) is 7.76. The number of aliphatic hydroxyl groups is 1. The third-order valence-electron chi connectivity index (χ3n) is 5.74. The molecule has 3 fully saturated rings. The van der Waals surface area contributed by atoms with Crippen molar-refractivity contribution in [2.45, 2.75) is 102 Å². The smallest absolute Gasteiger partial charge is 0.341 e. The summed E-state index contributed by atoms with van der Waals surface area (Å²) in [6.07, 6.45) is 6.82. The Kier molecular flexibility index (Phi) is 22.2. The normalized spacial score (nSPS) is 24.1. The number of carbonyl (C=O) groups excluding carboxylic acids is 3. The average molecular weight is 561 g/mol. The number of aliphatic hydroxyl groups excluding tert-OH is 1. The number of fused-ring (bicyclic) bond motifs is 1. The molecule has 39 heavy (non-hydrogen) atoms. The minimum atomic E-state index is -0.893. The molecule has 4 aliphatic rings. The van der Waals surface area contributed by atoms with Gasteiger partial charge in [-0.25, -0.2) is 4.79 Å². The number of carboxylic acids is 1. The van der Waals surface area contributed by atoms with Crippen LogP contribution in [0.5, 0.6) is 0 Å². The molecule has 1 aromatic rings. The lowest BCUT2D eigenvalue weighted by molar-refractivity contribution is -0.159. The lowest BCUT2D eigenvalue weighted by Gasteiger charge is -2.31. The molecule has 0 radical (unpaired) electrons. The summed E-state index contributed by atoms with van der Waals surface area (Å²) in [7, 11) is 0. The number of hydrogen-bond acceptors (Lipinski definition) is 9. The van der Waals surface area contributed by atoms with E-state index in [1.54, 1.807) is 12.1 Å². The molecule has 0 saturated carbocycles. The van der Waals surface area contributed by atoms with Crippen molar-refractivity contribution in [2.75, 3.05) is 6.61 Å². The summed E-state index contributed by atoms with van der Waals surface area (Å²) in [6, 6.07) is 3.46. The number of hydrogen-bond donors (Lipinski definition) is 2. The number of furan rings is 1. The first-order valence-electron chi connectivity index (χ1n) is 10.0. The van der Waals surface area contributed by atoms with Gasteiger partial charge < -0.3 is 28.8 Å². The molecular weight excluding hydrogens is 508 g/mol. The largest absolute Gasteiger partial charge is 0.481 e. The van der Waals surface area contributed by atoms with E-state index in [0.717, 1.165) is 0 Å². The van der Waals surface area contributed by atoms with Gasteiger partial charge in [-0.05, 0) is 37.5 Å². The molecule has 1 aromatic heterocycles. The summed E-state index contributed by atoms with van der Waals surface area (Å²) in [5, 5.41) is 17.1. The number of ether oxygens (including phenoxy) is 3. The van der Waals surface area contributed by atoms with Crippen LogP contribution in [0.1, 0.15) is 89.9 Å². The van der Waals surface area contributed by atoms with Crippen molar-refractivity contribution in [1.82, 2.24) is 0 Å². The van der Waals surface area contributed by atoms with Gasteiger partial charge in [-0.1, -0.05) is 64.6 Å². The molecule has 0 aromatic carbocycles. The summed E-state index contributed by atoms with van der Waals surface area (Å²) in [5.41, 5.74) is -1.07. The molecule has 3 unspecified atom stereocenters. The highest BCUT2D eigenvalue weighted by Gasteiger charge is 2.69. The maximum absolute atomic E-state index is 11.8. The Morgan fingerprint density at radius 1 is 1.05 bits per heavy atom. The first-order chi connectivity index (χ1) is 15.2. The molecule has 2 bridgehead atoms. The standard InChI is InChI=1S/C11H12O5.C6H6O3.C5H6O2.7CH4/c12-8(13)2-3-10-5-7-1-4-11(10,16-7)6-15-9(10)14;1-4-2-3-5(7)9-6(4)8;6-4-5-2-1-3-7-5;;;;;;;/h1,4,7H,2-3,5-6H2,(H,12,13);1-3H2;1-3,6H,4H2;7*1H4. The molecule has 2 N–H and O–H groups in total. The zero-order chi connectivity index (χ0) is 23.4. The first-order valence-corrected chi connectivity index (χ1v) is 10.0. The predicted molar refractivity (Wildman–Crippen MR) is 153 cm³/mol. The number of cyclic esters (lactones) is 3. The lowest BCUT2D eigenvalue weighted by Crippen LogP contribution is -2.44. The van der Waals surface area contributed by atoms with Crippen LogP contribution in [0.2, 0.25) is 0 Å². The van der Waals surface area contributed by atoms with Gasteiger partial charge in [-0.15, -0.1) is 0 Å². The molecule has 228 valence electrons. The number of rotatable bonds is 4. The Morgan fingerprint density at radius 3 is 2.13 bits per heavy atom. The number of aliphatic carboxylic acids is 1. The SMILES string of the molecule is C.C.C.C.C.C.C.C=C1CCC(=O)OC1=O.O=C(O)CCC12CC3C=CC1(COC2=O)O3.OCc1ccco1. The van der Waals surface area contributed by atoms with Crippen LogP contribution in [0.25, 0.3) is 0 Å². The minimum Gasteiger partial charge on any atom is -0.481 e. The van der Waals surface area contributed by atoms with Gasteiger partial charge in [0.25, 0.3) is 0 Å². The van der Waals surface area contributed by atoms with E-state index in [1.165, 1.54) is 6.26 Å². The van der Waals surface area contributed by atoms with Crippen molar-refractivity contribution < 1.29 is 48.0 Å². The topological polar surface area (TPSA) is 150 Å². The van der Waals surface area contributed by atoms with Gasteiger partial charge in [0.15, 0.2) is 0 Å². The third kappa shape index (κ3) is 9.78. The highest BCUT2D eigenvalue weighted by Crippen LogP contribution is 2.58. The highest BCUT2D eigenvalue weighted by molar-refractivity contribution is 5.98. The Hall–Kier alpha value is -3.24. The van der Waals surface area contributed by atoms with Gasteiger partial charge in [0.1, 0.15) is 30.0 Å². The Labute approximate surface area is 235 Å². The molecule has 10 nitrogen and oxygen atoms in total. The van der Waals surface area contributed by atoms with Crippen LogP contribution in [0.4, 0.5) is 0 Å². The van der Waals surface area contributed by atoms with E-state index in [4.69, 9.17) is 24.1 Å². The molecule has 0 amide bonds. The molecule has 10 heteroatoms. The summed E-state index contributed by atoms with van der Waals surface area (Å²) in [4.78, 5) is 43.3. The van der Waals surface area contributed by atoms with Gasteiger partial charge >= 0.3 is 23.9 Å². The lowest BCUT2D eigenvalue weighted by atomic mass is 9.67. The van der Waals surface area contributed by atoms with Crippen molar-refractivity contribution in [3.05, 3.63) is 48.5 Å². The monoisotopic (exact) mass is 560 g/mol. The van der Waals surface area contributed by atoms with Gasteiger partial charge in [0.05, 0.1) is 18.8 Å². The van der Waals surface area contributed by atoms with Crippen molar-refractivity contribution in [3.63, 3.8) is 0 Å². The van der Waals surface area contributed by atoms with Crippen molar-refractivity contribution in [1.29, 1.82) is 0 Å². The maximum Gasteiger partial charge on any atom is 0.341 e. The van der Waals surface area contributed by atoms with Crippen LogP contribution < -0.4 is 0 Å². The van der Waals surface area contributed by atoms with Gasteiger partial charge in [0.2, 0.25) is 0 Å². The molecule has 3 atom stereocenters. The Bertz CT molecular complexity index is 934. The van der Waals surface area contributed by atoms with E-state index in [-0.39, 0.29) is 90.1 Å². The van der Waals surface area contributed by atoms with E-state index >= 15 is 0 Å². The van der Waals surface area contributed by atoms with Crippen molar-refractivity contribution in [2.24, 2.45) is 5.41 Å². The predicted octanol–water partition coefficient (Wildman–Crippen LogP) is 6.12. The molecule has 1 spiro atoms. The van der Waals surface area contributed by atoms with E-state index in [2.05, 4.69) is 11.3 Å². The van der Waals surface area contributed by atoms with Crippen LogP contribution in [-0.2, 0) is 40.0 Å². The second-order valence-electron chi connectivity index (χ2n) is 7.76. The summed E-state index contributed by atoms with van der Waals surface area (Å²) in [5.74, 6) is -1.62. The molecule has 3 saturated heterocycles. The summed E-state index contributed by atoms with van der Waals surface area (Å²) in [6.45, 7) is 3.62. The Morgan fingerprint density at radius 2 is 1.69 bits per heavy atom. The molecule has 5 rings (SSSR count). The first kappa shape index (κ1) is 45.7. The van der Waals surface area contributed by atoms with Crippen molar-refractivity contribution in [3.8, 4) is 0 Å². The zero-order valence-corrected chi connectivity index (χ0v) is 17.3. The van der Waals surface area contributed by atoms with Crippen LogP contribution in [-0.4, -0.2) is 52.4 Å².